The first-order chi connectivity index (χ1) is 10.1. The second-order valence-electron chi connectivity index (χ2n) is 5.91. The maximum atomic E-state index is 11.0. The van der Waals surface area contributed by atoms with Crippen LogP contribution in [0.5, 0.6) is 0 Å². The molecule has 0 saturated carbocycles. The van der Waals surface area contributed by atoms with E-state index in [1.165, 1.54) is 6.07 Å². The first-order valence-electron chi connectivity index (χ1n) is 7.55. The normalized spacial score (nSPS) is 27.9. The fraction of sp³-hybridized carbons (Fsp3) is 0.600. The Morgan fingerprint density at radius 1 is 1.38 bits per heavy atom. The van der Waals surface area contributed by atoms with Crippen molar-refractivity contribution in [3.05, 3.63) is 33.3 Å². The molecule has 2 aliphatic heterocycles. The van der Waals surface area contributed by atoms with Crippen LogP contribution in [0.25, 0.3) is 0 Å². The molecule has 2 aliphatic rings. The molecule has 2 fully saturated rings. The number of benzene rings is 1. The number of non-ortho nitro benzene ring substituents is 1. The van der Waals surface area contributed by atoms with Crippen LogP contribution in [0.4, 0.5) is 11.4 Å². The smallest absolute Gasteiger partial charge is 0.271 e. The third-order valence-electron chi connectivity index (χ3n) is 4.64. The van der Waals surface area contributed by atoms with E-state index in [-0.39, 0.29) is 10.6 Å². The molecule has 1 aromatic carbocycles. The molecule has 5 nitrogen and oxygen atoms in total. The van der Waals surface area contributed by atoms with Gasteiger partial charge in [-0.25, -0.2) is 0 Å². The number of piperidine rings is 1. The van der Waals surface area contributed by atoms with Gasteiger partial charge in [-0.2, -0.15) is 0 Å². The Bertz CT molecular complexity index is 538. The summed E-state index contributed by atoms with van der Waals surface area (Å²) in [5.41, 5.74) is 0.941. The van der Waals surface area contributed by atoms with Crippen molar-refractivity contribution in [2.75, 3.05) is 11.4 Å². The molecule has 6 heteroatoms. The topological polar surface area (TPSA) is 58.4 Å². The van der Waals surface area contributed by atoms with Crippen molar-refractivity contribution in [3.63, 3.8) is 0 Å². The van der Waals surface area contributed by atoms with Crippen LogP contribution in [0.15, 0.2) is 18.2 Å². The van der Waals surface area contributed by atoms with Crippen LogP contribution in [0, 0.1) is 10.1 Å². The molecule has 0 aliphatic carbocycles. The zero-order chi connectivity index (χ0) is 15.0. The van der Waals surface area contributed by atoms with E-state index in [1.54, 1.807) is 12.1 Å². The number of fused-ring (bicyclic) bond motifs is 2. The molecule has 2 unspecified atom stereocenters. The molecule has 0 amide bonds. The molecule has 21 heavy (non-hydrogen) atoms. The Hall–Kier alpha value is -1.33. The van der Waals surface area contributed by atoms with Crippen molar-refractivity contribution >= 4 is 23.0 Å². The van der Waals surface area contributed by atoms with Crippen molar-refractivity contribution in [3.8, 4) is 0 Å². The average molecular weight is 310 g/mol. The fourth-order valence-electron chi connectivity index (χ4n) is 3.84. The molecular formula is C15H20ClN3O2. The van der Waals surface area contributed by atoms with E-state index in [9.17, 15) is 10.1 Å². The highest BCUT2D eigenvalue weighted by Crippen LogP contribution is 2.43. The summed E-state index contributed by atoms with van der Waals surface area (Å²) in [7, 11) is 0. The summed E-state index contributed by atoms with van der Waals surface area (Å²) in [4.78, 5) is 13.0. The summed E-state index contributed by atoms with van der Waals surface area (Å²) >= 11 is 6.31. The summed E-state index contributed by atoms with van der Waals surface area (Å²) in [6, 6.07) is 6.17. The van der Waals surface area contributed by atoms with Crippen molar-refractivity contribution in [1.29, 1.82) is 0 Å². The molecule has 2 atom stereocenters. The van der Waals surface area contributed by atoms with Gasteiger partial charge in [-0.15, -0.1) is 0 Å². The van der Waals surface area contributed by atoms with Gasteiger partial charge in [0.25, 0.3) is 5.69 Å². The van der Waals surface area contributed by atoms with Crippen molar-refractivity contribution in [2.45, 2.75) is 50.7 Å². The van der Waals surface area contributed by atoms with E-state index < -0.39 is 0 Å². The second-order valence-corrected chi connectivity index (χ2v) is 6.32. The van der Waals surface area contributed by atoms with Crippen molar-refractivity contribution < 1.29 is 4.92 Å². The van der Waals surface area contributed by atoms with Gasteiger partial charge < -0.3 is 10.2 Å². The quantitative estimate of drug-likeness (QED) is 0.684. The van der Waals surface area contributed by atoms with Crippen molar-refractivity contribution in [1.82, 2.24) is 5.32 Å². The molecule has 3 rings (SSSR count). The molecule has 0 spiro atoms. The van der Waals surface area contributed by atoms with E-state index >= 15 is 0 Å². The average Bonchev–Trinajstić information content (AvgIpc) is 2.71. The molecule has 1 N–H and O–H groups in total. The van der Waals surface area contributed by atoms with E-state index in [0.717, 1.165) is 37.9 Å². The lowest BCUT2D eigenvalue weighted by Crippen LogP contribution is -2.49. The van der Waals surface area contributed by atoms with Crippen LogP contribution in [-0.4, -0.2) is 29.6 Å². The predicted octanol–water partition coefficient (Wildman–Crippen LogP) is 3.36. The Morgan fingerprint density at radius 3 is 2.62 bits per heavy atom. The van der Waals surface area contributed by atoms with Gasteiger partial charge in [0.1, 0.15) is 0 Å². The van der Waals surface area contributed by atoms with Gasteiger partial charge in [-0.05, 0) is 38.3 Å². The maximum Gasteiger partial charge on any atom is 0.271 e. The molecule has 1 aromatic rings. The van der Waals surface area contributed by atoms with Gasteiger partial charge in [0.15, 0.2) is 0 Å². The van der Waals surface area contributed by atoms with Gasteiger partial charge in [-0.1, -0.05) is 18.5 Å². The number of halogens is 1. The lowest BCUT2D eigenvalue weighted by Gasteiger charge is -2.41. The highest BCUT2D eigenvalue weighted by Gasteiger charge is 2.41. The van der Waals surface area contributed by atoms with Gasteiger partial charge in [-0.3, -0.25) is 10.1 Å². The van der Waals surface area contributed by atoms with Gasteiger partial charge in [0.05, 0.1) is 15.6 Å². The monoisotopic (exact) mass is 309 g/mol. The van der Waals surface area contributed by atoms with E-state index in [1.807, 2.05) is 0 Å². The zero-order valence-electron chi connectivity index (χ0n) is 12.1. The fourth-order valence-corrected chi connectivity index (χ4v) is 4.05. The number of rotatable bonds is 4. The van der Waals surface area contributed by atoms with Crippen LogP contribution < -0.4 is 10.2 Å². The third kappa shape index (κ3) is 2.72. The highest BCUT2D eigenvalue weighted by atomic mass is 35.5. The van der Waals surface area contributed by atoms with Crippen LogP contribution in [0.1, 0.15) is 32.6 Å². The number of nitrogens with one attached hydrogen (secondary N) is 1. The molecule has 114 valence electrons. The second kappa shape index (κ2) is 5.81. The lowest BCUT2D eigenvalue weighted by molar-refractivity contribution is -0.384. The Balaban J connectivity index is 1.88. The van der Waals surface area contributed by atoms with E-state index in [4.69, 9.17) is 11.6 Å². The Labute approximate surface area is 129 Å². The van der Waals surface area contributed by atoms with Gasteiger partial charge >= 0.3 is 0 Å². The molecule has 2 saturated heterocycles. The van der Waals surface area contributed by atoms with Crippen LogP contribution >= 0.6 is 11.6 Å². The van der Waals surface area contributed by atoms with Crippen LogP contribution in [0.3, 0.4) is 0 Å². The minimum absolute atomic E-state index is 0.114. The number of anilines is 1. The zero-order valence-corrected chi connectivity index (χ0v) is 12.8. The molecule has 0 radical (unpaired) electrons. The molecule has 2 heterocycles. The number of nitro groups is 1. The van der Waals surface area contributed by atoms with Crippen LogP contribution in [-0.2, 0) is 0 Å². The molecule has 2 bridgehead atoms. The van der Waals surface area contributed by atoms with Gasteiger partial charge in [0.2, 0.25) is 0 Å². The number of nitrogens with zero attached hydrogens (tertiary/aromatic N) is 2. The van der Waals surface area contributed by atoms with E-state index in [0.29, 0.717) is 23.1 Å². The number of hydrogen-bond acceptors (Lipinski definition) is 4. The standard InChI is InChI=1S/C15H20ClN3O2/c1-2-17-10-7-11-3-4-12(8-10)18(11)15-9-13(19(20)21)5-6-14(15)16/h5-6,9-12,17H,2-4,7-8H2,1H3. The lowest BCUT2D eigenvalue weighted by atomic mass is 9.96. The summed E-state index contributed by atoms with van der Waals surface area (Å²) in [5, 5.41) is 15.1. The summed E-state index contributed by atoms with van der Waals surface area (Å²) in [6.07, 6.45) is 4.46. The first kappa shape index (κ1) is 14.6. The largest absolute Gasteiger partial charge is 0.364 e. The van der Waals surface area contributed by atoms with E-state index in [2.05, 4.69) is 17.1 Å². The maximum absolute atomic E-state index is 11.0. The minimum Gasteiger partial charge on any atom is -0.364 e. The number of hydrogen-bond donors (Lipinski definition) is 1. The summed E-state index contributed by atoms with van der Waals surface area (Å²) < 4.78 is 0. The molecule has 0 aromatic heterocycles. The summed E-state index contributed by atoms with van der Waals surface area (Å²) in [6.45, 7) is 3.12. The highest BCUT2D eigenvalue weighted by molar-refractivity contribution is 6.33. The van der Waals surface area contributed by atoms with Gasteiger partial charge in [0, 0.05) is 30.3 Å². The first-order valence-corrected chi connectivity index (χ1v) is 7.93. The third-order valence-corrected chi connectivity index (χ3v) is 4.96. The van der Waals surface area contributed by atoms with Crippen LogP contribution in [0.2, 0.25) is 5.02 Å². The molecular weight excluding hydrogens is 290 g/mol. The summed E-state index contributed by atoms with van der Waals surface area (Å²) in [5.74, 6) is 0. The van der Waals surface area contributed by atoms with Crippen molar-refractivity contribution in [2.24, 2.45) is 0 Å². The number of nitro benzene ring substituents is 1. The SMILES string of the molecule is CCNC1CC2CCC(C1)N2c1cc([N+](=O)[O-])ccc1Cl. The predicted molar refractivity (Wildman–Crippen MR) is 84.1 cm³/mol. The minimum atomic E-state index is -0.354. The Kier molecular flexibility index (Phi) is 4.04. The Morgan fingerprint density at radius 2 is 2.05 bits per heavy atom.